The summed E-state index contributed by atoms with van der Waals surface area (Å²) in [6, 6.07) is 3.74. The molecular weight excluding hydrogens is 372 g/mol. The van der Waals surface area contributed by atoms with Crippen molar-refractivity contribution in [3.63, 3.8) is 0 Å². The number of nitrogens with one attached hydrogen (secondary N) is 1. The summed E-state index contributed by atoms with van der Waals surface area (Å²) < 4.78 is 7.31. The van der Waals surface area contributed by atoms with Crippen molar-refractivity contribution >= 4 is 51.7 Å². The molecule has 2 aromatic rings. The number of nitrogens with zero attached hydrogens (tertiary/aromatic N) is 3. The van der Waals surface area contributed by atoms with Crippen molar-refractivity contribution in [2.24, 2.45) is 0 Å². The van der Waals surface area contributed by atoms with Crippen molar-refractivity contribution in [1.82, 2.24) is 14.7 Å². The molecule has 0 spiro atoms. The van der Waals surface area contributed by atoms with Gasteiger partial charge in [0.15, 0.2) is 0 Å². The molecule has 0 saturated carbocycles. The van der Waals surface area contributed by atoms with E-state index >= 15 is 0 Å². The fourth-order valence-electron chi connectivity index (χ4n) is 2.94. The van der Waals surface area contributed by atoms with Gasteiger partial charge < -0.3 is 15.0 Å². The molecule has 1 amide bonds. The molecule has 26 heavy (non-hydrogen) atoms. The topological polar surface area (TPSA) is 75.9 Å². The molecule has 4 heterocycles. The number of carbonyl (C=O) groups excluding carboxylic acids is 1. The summed E-state index contributed by atoms with van der Waals surface area (Å²) in [5, 5.41) is 2.58. The summed E-state index contributed by atoms with van der Waals surface area (Å²) in [5.41, 5.74) is 1.70. The molecule has 2 fully saturated rings. The second-order valence-electron chi connectivity index (χ2n) is 6.04. The second kappa shape index (κ2) is 6.82. The normalized spacial score (nSPS) is 19.4. The molecule has 2 aliphatic heterocycles. The van der Waals surface area contributed by atoms with Crippen molar-refractivity contribution in [2.75, 3.05) is 31.2 Å². The summed E-state index contributed by atoms with van der Waals surface area (Å²) in [5.74, 6) is 0.280. The first kappa shape index (κ1) is 17.2. The summed E-state index contributed by atoms with van der Waals surface area (Å²) in [4.78, 5) is 32.3. The molecule has 0 aromatic carbocycles. The molecule has 2 aromatic heterocycles. The van der Waals surface area contributed by atoms with Crippen molar-refractivity contribution in [3.8, 4) is 0 Å². The number of thioether (sulfide) groups is 1. The van der Waals surface area contributed by atoms with E-state index in [1.54, 1.807) is 12.3 Å². The lowest BCUT2D eigenvalue weighted by Gasteiger charge is -2.29. The van der Waals surface area contributed by atoms with Crippen LogP contribution in [0, 0.1) is 6.92 Å². The molecule has 9 heteroatoms. The van der Waals surface area contributed by atoms with E-state index in [4.69, 9.17) is 21.9 Å². The third-order valence-electron chi connectivity index (χ3n) is 4.21. The summed E-state index contributed by atoms with van der Waals surface area (Å²) >= 11 is 6.19. The van der Waals surface area contributed by atoms with E-state index in [1.807, 2.05) is 24.0 Å². The zero-order valence-electron chi connectivity index (χ0n) is 14.0. The lowest BCUT2D eigenvalue weighted by Crippen LogP contribution is -2.38. The Bertz CT molecular complexity index is 1010. The van der Waals surface area contributed by atoms with E-state index < -0.39 is 0 Å². The van der Waals surface area contributed by atoms with Crippen LogP contribution >= 0.6 is 24.0 Å². The lowest BCUT2D eigenvalue weighted by molar-refractivity contribution is -0.115. The smallest absolute Gasteiger partial charge is 0.267 e. The summed E-state index contributed by atoms with van der Waals surface area (Å²) in [6.45, 7) is 4.35. The summed E-state index contributed by atoms with van der Waals surface area (Å²) in [7, 11) is 0. The molecule has 0 bridgehead atoms. The number of aryl methyl sites for hydroxylation is 1. The number of aromatic nitrogens is 2. The number of morpholine rings is 1. The van der Waals surface area contributed by atoms with Gasteiger partial charge in [0.2, 0.25) is 0 Å². The third kappa shape index (κ3) is 3.13. The van der Waals surface area contributed by atoms with Gasteiger partial charge in [-0.3, -0.25) is 14.0 Å². The van der Waals surface area contributed by atoms with Crippen LogP contribution in [0.15, 0.2) is 28.0 Å². The van der Waals surface area contributed by atoms with Gasteiger partial charge in [-0.05, 0) is 24.6 Å². The van der Waals surface area contributed by atoms with Gasteiger partial charge >= 0.3 is 0 Å². The van der Waals surface area contributed by atoms with Gasteiger partial charge in [0, 0.05) is 19.3 Å². The first-order chi connectivity index (χ1) is 12.5. The molecule has 0 unspecified atom stereocenters. The maximum atomic E-state index is 13.2. The molecule has 134 valence electrons. The standard InChI is InChI=1S/C17H16N4O3S2/c1-10-2-3-13-18-14(20-4-6-24-7-5-20)11(16(23)21(13)9-10)8-12-15(22)19-17(25)26-12/h2-3,8-9H,4-7H2,1H3,(H,19,22,25). The van der Waals surface area contributed by atoms with Gasteiger partial charge in [-0.15, -0.1) is 0 Å². The Kier molecular flexibility index (Phi) is 4.51. The van der Waals surface area contributed by atoms with Crippen molar-refractivity contribution in [1.29, 1.82) is 0 Å². The average Bonchev–Trinajstić information content (AvgIpc) is 2.95. The highest BCUT2D eigenvalue weighted by atomic mass is 32.2. The van der Waals surface area contributed by atoms with E-state index in [1.165, 1.54) is 4.40 Å². The predicted molar refractivity (Wildman–Crippen MR) is 106 cm³/mol. The average molecular weight is 388 g/mol. The van der Waals surface area contributed by atoms with Crippen LogP contribution in [0.1, 0.15) is 11.1 Å². The number of thiocarbonyl (C=S) groups is 1. The quantitative estimate of drug-likeness (QED) is 0.614. The SMILES string of the molecule is Cc1ccc2nc(N3CCOCC3)c(C=C3SC(=S)NC3=O)c(=O)n2c1. The fraction of sp³-hybridized carbons (Fsp3) is 0.294. The van der Waals surface area contributed by atoms with Gasteiger partial charge in [0.25, 0.3) is 11.5 Å². The van der Waals surface area contributed by atoms with E-state index in [9.17, 15) is 9.59 Å². The highest BCUT2D eigenvalue weighted by molar-refractivity contribution is 8.26. The third-order valence-corrected chi connectivity index (χ3v) is 5.38. The molecule has 0 atom stereocenters. The summed E-state index contributed by atoms with van der Waals surface area (Å²) in [6.07, 6.45) is 3.34. The first-order valence-corrected chi connectivity index (χ1v) is 9.36. The van der Waals surface area contributed by atoms with Crippen molar-refractivity contribution in [2.45, 2.75) is 6.92 Å². The number of rotatable bonds is 2. The number of pyridine rings is 1. The van der Waals surface area contributed by atoms with Crippen LogP contribution in [0.25, 0.3) is 11.7 Å². The molecule has 1 N–H and O–H groups in total. The number of hydrogen-bond donors (Lipinski definition) is 1. The van der Waals surface area contributed by atoms with E-state index in [0.29, 0.717) is 52.6 Å². The molecule has 0 radical (unpaired) electrons. The monoisotopic (exact) mass is 388 g/mol. The van der Waals surface area contributed by atoms with Gasteiger partial charge in [0.1, 0.15) is 15.8 Å². The van der Waals surface area contributed by atoms with E-state index in [-0.39, 0.29) is 11.5 Å². The maximum Gasteiger partial charge on any atom is 0.267 e. The Morgan fingerprint density at radius 3 is 2.77 bits per heavy atom. The van der Waals surface area contributed by atoms with Crippen LogP contribution in [0.4, 0.5) is 5.82 Å². The van der Waals surface area contributed by atoms with Gasteiger partial charge in [-0.1, -0.05) is 30.0 Å². The Hall–Kier alpha value is -2.23. The predicted octanol–water partition coefficient (Wildman–Crippen LogP) is 1.33. The van der Waals surface area contributed by atoms with Crippen LogP contribution in [0.2, 0.25) is 0 Å². The van der Waals surface area contributed by atoms with Crippen LogP contribution in [-0.2, 0) is 9.53 Å². The van der Waals surface area contributed by atoms with Crippen LogP contribution in [0.5, 0.6) is 0 Å². The Morgan fingerprint density at radius 1 is 1.31 bits per heavy atom. The minimum absolute atomic E-state index is 0.209. The Balaban J connectivity index is 1.94. The van der Waals surface area contributed by atoms with Gasteiger partial charge in [-0.2, -0.15) is 0 Å². The molecular formula is C17H16N4O3S2. The van der Waals surface area contributed by atoms with Crippen LogP contribution in [0.3, 0.4) is 0 Å². The number of fused-ring (bicyclic) bond motifs is 1. The molecule has 2 aliphatic rings. The van der Waals surface area contributed by atoms with Crippen molar-refractivity contribution < 1.29 is 9.53 Å². The highest BCUT2D eigenvalue weighted by Gasteiger charge is 2.25. The zero-order valence-corrected chi connectivity index (χ0v) is 15.7. The number of hydrogen-bond acceptors (Lipinski definition) is 7. The lowest BCUT2D eigenvalue weighted by atomic mass is 10.2. The second-order valence-corrected chi connectivity index (χ2v) is 7.76. The van der Waals surface area contributed by atoms with E-state index in [0.717, 1.165) is 17.3 Å². The van der Waals surface area contributed by atoms with Crippen LogP contribution in [-0.4, -0.2) is 45.9 Å². The Morgan fingerprint density at radius 2 is 2.08 bits per heavy atom. The molecule has 2 saturated heterocycles. The molecule has 0 aliphatic carbocycles. The minimum Gasteiger partial charge on any atom is -0.378 e. The Labute approximate surface area is 159 Å². The zero-order chi connectivity index (χ0) is 18.3. The van der Waals surface area contributed by atoms with Crippen molar-refractivity contribution in [3.05, 3.63) is 44.7 Å². The molecule has 4 rings (SSSR count). The number of carbonyl (C=O) groups is 1. The largest absolute Gasteiger partial charge is 0.378 e. The highest BCUT2D eigenvalue weighted by Crippen LogP contribution is 2.28. The number of anilines is 1. The maximum absolute atomic E-state index is 13.2. The molecule has 7 nitrogen and oxygen atoms in total. The first-order valence-electron chi connectivity index (χ1n) is 8.13. The number of ether oxygens (including phenoxy) is 1. The van der Waals surface area contributed by atoms with E-state index in [2.05, 4.69) is 5.32 Å². The van der Waals surface area contributed by atoms with Gasteiger partial charge in [-0.25, -0.2) is 4.98 Å². The number of amides is 1. The van der Waals surface area contributed by atoms with Crippen LogP contribution < -0.4 is 15.8 Å². The minimum atomic E-state index is -0.290. The van der Waals surface area contributed by atoms with Gasteiger partial charge in [0.05, 0.1) is 23.7 Å². The fourth-order valence-corrected chi connectivity index (χ4v) is 3.97.